The first-order chi connectivity index (χ1) is 15.7. The van der Waals surface area contributed by atoms with E-state index in [9.17, 15) is 0 Å². The van der Waals surface area contributed by atoms with Gasteiger partial charge in [0.1, 0.15) is 16.5 Å². The van der Waals surface area contributed by atoms with Crippen LogP contribution in [0.1, 0.15) is 37.8 Å². The van der Waals surface area contributed by atoms with Crippen LogP contribution in [-0.4, -0.2) is 37.2 Å². The minimum absolute atomic E-state index is 0.824. The first-order valence-corrected chi connectivity index (χ1v) is 12.6. The Morgan fingerprint density at radius 2 is 1.81 bits per heavy atom. The molecule has 5 heteroatoms. The standard InChI is InChI=1S/C27H32N2O2S/c1-30-24-10-11-26(31-2)25(15-24)20-8-5-9-21(14-20)27-28-23(18-32-27)17-29-13-12-19-6-3-4-7-22(19)16-29/h5,8-11,14-15,18-19,22H,3-4,6-7,12-13,16-17H2,1-2H3/t19-,22+/m0/s1. The molecule has 1 aliphatic carbocycles. The summed E-state index contributed by atoms with van der Waals surface area (Å²) in [5.74, 6) is 3.55. The molecule has 2 fully saturated rings. The van der Waals surface area contributed by atoms with E-state index in [4.69, 9.17) is 14.5 Å². The van der Waals surface area contributed by atoms with Gasteiger partial charge in [0.2, 0.25) is 0 Å². The van der Waals surface area contributed by atoms with E-state index in [1.165, 1.54) is 50.9 Å². The molecule has 168 valence electrons. The lowest BCUT2D eigenvalue weighted by Crippen LogP contribution is -2.41. The van der Waals surface area contributed by atoms with Gasteiger partial charge in [0, 0.05) is 29.6 Å². The van der Waals surface area contributed by atoms with Crippen LogP contribution in [0, 0.1) is 11.8 Å². The Morgan fingerprint density at radius 3 is 2.66 bits per heavy atom. The molecule has 4 nitrogen and oxygen atoms in total. The molecule has 3 aromatic rings. The van der Waals surface area contributed by atoms with Crippen LogP contribution < -0.4 is 9.47 Å². The summed E-state index contributed by atoms with van der Waals surface area (Å²) in [5.41, 5.74) is 4.48. The van der Waals surface area contributed by atoms with Gasteiger partial charge in [-0.1, -0.05) is 37.5 Å². The van der Waals surface area contributed by atoms with Crippen molar-refractivity contribution in [3.63, 3.8) is 0 Å². The van der Waals surface area contributed by atoms with Gasteiger partial charge < -0.3 is 9.47 Å². The SMILES string of the molecule is COc1ccc(OC)c(-c2cccc(-c3nc(CN4CC[C@@H]5CCCC[C@@H]5C4)cs3)c2)c1. The number of ether oxygens (including phenoxy) is 2. The lowest BCUT2D eigenvalue weighted by molar-refractivity contribution is 0.0814. The van der Waals surface area contributed by atoms with Gasteiger partial charge in [-0.3, -0.25) is 4.90 Å². The molecule has 1 saturated heterocycles. The number of likely N-dealkylation sites (tertiary alicyclic amines) is 1. The fourth-order valence-electron chi connectivity index (χ4n) is 5.42. The highest BCUT2D eigenvalue weighted by Gasteiger charge is 2.31. The number of hydrogen-bond donors (Lipinski definition) is 0. The van der Waals surface area contributed by atoms with Crippen molar-refractivity contribution in [1.82, 2.24) is 9.88 Å². The van der Waals surface area contributed by atoms with Crippen LogP contribution in [0.25, 0.3) is 21.7 Å². The zero-order valence-corrected chi connectivity index (χ0v) is 19.9. The predicted molar refractivity (Wildman–Crippen MR) is 131 cm³/mol. The number of fused-ring (bicyclic) bond motifs is 1. The van der Waals surface area contributed by atoms with E-state index in [-0.39, 0.29) is 0 Å². The molecule has 1 saturated carbocycles. The van der Waals surface area contributed by atoms with Crippen LogP contribution in [0.3, 0.4) is 0 Å². The third-order valence-electron chi connectivity index (χ3n) is 7.14. The van der Waals surface area contributed by atoms with Crippen LogP contribution in [0.2, 0.25) is 0 Å². The first-order valence-electron chi connectivity index (χ1n) is 11.7. The molecule has 2 heterocycles. The zero-order chi connectivity index (χ0) is 21.9. The van der Waals surface area contributed by atoms with Crippen molar-refractivity contribution in [2.24, 2.45) is 11.8 Å². The number of piperidine rings is 1. The zero-order valence-electron chi connectivity index (χ0n) is 19.0. The van der Waals surface area contributed by atoms with Gasteiger partial charge in [-0.25, -0.2) is 4.98 Å². The van der Waals surface area contributed by atoms with E-state index in [0.29, 0.717) is 0 Å². The van der Waals surface area contributed by atoms with Crippen LogP contribution in [-0.2, 0) is 6.54 Å². The van der Waals surface area contributed by atoms with Crippen LogP contribution in [0.5, 0.6) is 11.5 Å². The second-order valence-corrected chi connectivity index (χ2v) is 9.98. The monoisotopic (exact) mass is 448 g/mol. The Balaban J connectivity index is 1.33. The van der Waals surface area contributed by atoms with Crippen LogP contribution in [0.4, 0.5) is 0 Å². The molecule has 0 unspecified atom stereocenters. The van der Waals surface area contributed by atoms with Gasteiger partial charge >= 0.3 is 0 Å². The van der Waals surface area contributed by atoms with E-state index in [1.807, 2.05) is 18.2 Å². The first kappa shape index (κ1) is 21.5. The number of rotatable bonds is 6. The van der Waals surface area contributed by atoms with Gasteiger partial charge in [-0.2, -0.15) is 0 Å². The molecular formula is C27H32N2O2S. The summed E-state index contributed by atoms with van der Waals surface area (Å²) in [6.45, 7) is 3.45. The maximum atomic E-state index is 5.60. The summed E-state index contributed by atoms with van der Waals surface area (Å²) in [5, 5.41) is 3.32. The highest BCUT2D eigenvalue weighted by molar-refractivity contribution is 7.13. The summed E-state index contributed by atoms with van der Waals surface area (Å²) in [4.78, 5) is 7.64. The minimum atomic E-state index is 0.824. The number of nitrogens with zero attached hydrogens (tertiary/aromatic N) is 2. The molecule has 1 aromatic heterocycles. The number of thiazole rings is 1. The highest BCUT2D eigenvalue weighted by Crippen LogP contribution is 2.38. The van der Waals surface area contributed by atoms with E-state index in [0.717, 1.165) is 51.6 Å². The Kier molecular flexibility index (Phi) is 6.47. The second kappa shape index (κ2) is 9.63. The minimum Gasteiger partial charge on any atom is -0.497 e. The molecule has 0 amide bonds. The Labute approximate surface area is 195 Å². The summed E-state index contributed by atoms with van der Waals surface area (Å²) >= 11 is 1.74. The molecular weight excluding hydrogens is 416 g/mol. The van der Waals surface area contributed by atoms with Crippen molar-refractivity contribution in [3.05, 3.63) is 53.5 Å². The smallest absolute Gasteiger partial charge is 0.126 e. The molecule has 0 N–H and O–H groups in total. The van der Waals surface area contributed by atoms with Gasteiger partial charge in [0.05, 0.1) is 19.9 Å². The number of methoxy groups -OCH3 is 2. The third-order valence-corrected chi connectivity index (χ3v) is 8.08. The number of aromatic nitrogens is 1. The Morgan fingerprint density at radius 1 is 0.969 bits per heavy atom. The molecule has 0 radical (unpaired) electrons. The summed E-state index contributed by atoms with van der Waals surface area (Å²) in [6.07, 6.45) is 7.10. The Hall–Kier alpha value is -2.37. The summed E-state index contributed by atoms with van der Waals surface area (Å²) in [7, 11) is 3.40. The topological polar surface area (TPSA) is 34.6 Å². The van der Waals surface area contributed by atoms with Crippen LogP contribution in [0.15, 0.2) is 47.8 Å². The summed E-state index contributed by atoms with van der Waals surface area (Å²) in [6, 6.07) is 14.5. The predicted octanol–water partition coefficient (Wildman–Crippen LogP) is 6.51. The fraction of sp³-hybridized carbons (Fsp3) is 0.444. The maximum Gasteiger partial charge on any atom is 0.126 e. The van der Waals surface area contributed by atoms with Crippen molar-refractivity contribution >= 4 is 11.3 Å². The number of hydrogen-bond acceptors (Lipinski definition) is 5. The van der Waals surface area contributed by atoms with Gasteiger partial charge in [-0.15, -0.1) is 11.3 Å². The molecule has 0 bridgehead atoms. The molecule has 32 heavy (non-hydrogen) atoms. The molecule has 2 atom stereocenters. The summed E-state index contributed by atoms with van der Waals surface area (Å²) < 4.78 is 11.0. The average molecular weight is 449 g/mol. The Bertz CT molecular complexity index is 1060. The number of benzene rings is 2. The third kappa shape index (κ3) is 4.55. The van der Waals surface area contributed by atoms with E-state index in [2.05, 4.69) is 34.5 Å². The van der Waals surface area contributed by atoms with Crippen molar-refractivity contribution in [1.29, 1.82) is 0 Å². The van der Waals surface area contributed by atoms with Crippen molar-refractivity contribution in [3.8, 4) is 33.2 Å². The normalized spacial score (nSPS) is 21.2. The average Bonchev–Trinajstić information content (AvgIpc) is 3.32. The quantitative estimate of drug-likeness (QED) is 0.431. The van der Waals surface area contributed by atoms with Crippen molar-refractivity contribution < 1.29 is 9.47 Å². The lowest BCUT2D eigenvalue weighted by atomic mass is 9.75. The van der Waals surface area contributed by atoms with Crippen molar-refractivity contribution in [2.75, 3.05) is 27.3 Å². The van der Waals surface area contributed by atoms with Crippen molar-refractivity contribution in [2.45, 2.75) is 38.6 Å². The van der Waals surface area contributed by atoms with E-state index in [1.54, 1.807) is 25.6 Å². The largest absolute Gasteiger partial charge is 0.497 e. The lowest BCUT2D eigenvalue weighted by Gasteiger charge is -2.41. The van der Waals surface area contributed by atoms with Gasteiger partial charge in [0.15, 0.2) is 0 Å². The van der Waals surface area contributed by atoms with Crippen LogP contribution >= 0.6 is 11.3 Å². The van der Waals surface area contributed by atoms with Gasteiger partial charge in [-0.05, 0) is 61.1 Å². The molecule has 1 aliphatic heterocycles. The highest BCUT2D eigenvalue weighted by atomic mass is 32.1. The maximum absolute atomic E-state index is 5.60. The molecule has 2 aliphatic rings. The second-order valence-electron chi connectivity index (χ2n) is 9.12. The fourth-order valence-corrected chi connectivity index (χ4v) is 6.23. The van der Waals surface area contributed by atoms with Gasteiger partial charge in [0.25, 0.3) is 0 Å². The molecule has 0 spiro atoms. The molecule has 2 aromatic carbocycles. The van der Waals surface area contributed by atoms with E-state index >= 15 is 0 Å². The van der Waals surface area contributed by atoms with E-state index < -0.39 is 0 Å². The molecule has 5 rings (SSSR count).